The summed E-state index contributed by atoms with van der Waals surface area (Å²) in [5, 5.41) is 11.1. The third-order valence-electron chi connectivity index (χ3n) is 2.86. The van der Waals surface area contributed by atoms with Crippen LogP contribution in [0.3, 0.4) is 0 Å². The third kappa shape index (κ3) is 4.35. The molecule has 0 aliphatic heterocycles. The first kappa shape index (κ1) is 15.1. The minimum Gasteiger partial charge on any atom is -0.496 e. The highest BCUT2D eigenvalue weighted by atomic mass is 16.5. The molecular weight excluding hydrogens is 272 g/mol. The van der Waals surface area contributed by atoms with E-state index in [1.54, 1.807) is 25.0 Å². The summed E-state index contributed by atoms with van der Waals surface area (Å²) in [7, 11) is 5.09. The van der Waals surface area contributed by atoms with Crippen molar-refractivity contribution in [2.24, 2.45) is 0 Å². The van der Waals surface area contributed by atoms with Crippen LogP contribution in [0, 0.1) is 0 Å². The van der Waals surface area contributed by atoms with E-state index in [1.807, 2.05) is 25.4 Å². The van der Waals surface area contributed by atoms with Crippen LogP contribution in [0.2, 0.25) is 0 Å². The zero-order valence-electron chi connectivity index (χ0n) is 12.5. The summed E-state index contributed by atoms with van der Waals surface area (Å²) < 4.78 is 17.8. The average Bonchev–Trinajstić information content (AvgIpc) is 2.95. The van der Waals surface area contributed by atoms with Gasteiger partial charge in [0.05, 0.1) is 26.5 Å². The topological polar surface area (TPSA) is 70.4 Å². The van der Waals surface area contributed by atoms with Gasteiger partial charge in [-0.05, 0) is 7.05 Å². The highest BCUT2D eigenvalue weighted by Crippen LogP contribution is 2.27. The van der Waals surface area contributed by atoms with Gasteiger partial charge in [0.1, 0.15) is 23.9 Å². The molecule has 0 radical (unpaired) electrons. The molecule has 1 heterocycles. The van der Waals surface area contributed by atoms with Gasteiger partial charge in [0.15, 0.2) is 0 Å². The van der Waals surface area contributed by atoms with E-state index in [0.29, 0.717) is 36.9 Å². The molecular formula is C14H20N4O3. The maximum absolute atomic E-state index is 5.70. The number of aromatic nitrogens is 3. The first-order valence-electron chi connectivity index (χ1n) is 6.64. The molecule has 0 aliphatic carbocycles. The number of rotatable bonds is 8. The molecule has 1 aromatic carbocycles. The van der Waals surface area contributed by atoms with Crippen LogP contribution < -0.4 is 19.5 Å². The van der Waals surface area contributed by atoms with Crippen molar-refractivity contribution in [3.8, 4) is 17.2 Å². The molecule has 0 unspecified atom stereocenters. The summed E-state index contributed by atoms with van der Waals surface area (Å²) in [4.78, 5) is 0. The quantitative estimate of drug-likeness (QED) is 0.785. The van der Waals surface area contributed by atoms with Crippen molar-refractivity contribution in [2.75, 3.05) is 27.9 Å². The third-order valence-corrected chi connectivity index (χ3v) is 2.86. The fourth-order valence-electron chi connectivity index (χ4n) is 1.83. The van der Waals surface area contributed by atoms with Gasteiger partial charge >= 0.3 is 0 Å². The van der Waals surface area contributed by atoms with E-state index >= 15 is 0 Å². The molecule has 7 nitrogen and oxygen atoms in total. The fourth-order valence-corrected chi connectivity index (χ4v) is 1.83. The second-order valence-corrected chi connectivity index (χ2v) is 4.40. The normalized spacial score (nSPS) is 10.4. The summed E-state index contributed by atoms with van der Waals surface area (Å²) >= 11 is 0. The van der Waals surface area contributed by atoms with E-state index in [0.717, 1.165) is 5.69 Å². The second-order valence-electron chi connectivity index (χ2n) is 4.40. The molecule has 1 aromatic heterocycles. The molecule has 0 saturated carbocycles. The van der Waals surface area contributed by atoms with E-state index in [2.05, 4.69) is 15.6 Å². The Morgan fingerprint density at radius 3 is 2.38 bits per heavy atom. The molecule has 114 valence electrons. The Hall–Kier alpha value is -2.28. The van der Waals surface area contributed by atoms with Gasteiger partial charge in [-0.2, -0.15) is 0 Å². The van der Waals surface area contributed by atoms with E-state index < -0.39 is 0 Å². The van der Waals surface area contributed by atoms with Gasteiger partial charge in [-0.15, -0.1) is 5.10 Å². The van der Waals surface area contributed by atoms with Crippen LogP contribution in [-0.2, 0) is 13.1 Å². The molecule has 0 aliphatic rings. The van der Waals surface area contributed by atoms with Crippen molar-refractivity contribution in [1.82, 2.24) is 20.3 Å². The summed E-state index contributed by atoms with van der Waals surface area (Å²) in [6, 6.07) is 5.43. The number of nitrogens with zero attached hydrogens (tertiary/aromatic N) is 3. The van der Waals surface area contributed by atoms with Crippen LogP contribution in [0.5, 0.6) is 17.2 Å². The van der Waals surface area contributed by atoms with Crippen LogP contribution in [0.15, 0.2) is 24.4 Å². The standard InChI is InChI=1S/C14H20N4O3/c1-15-9-11-10-18(17-16-11)4-5-21-14-7-12(19-2)6-13(8-14)20-3/h6-8,10,15H,4-5,9H2,1-3H3. The molecule has 7 heteroatoms. The molecule has 0 atom stereocenters. The van der Waals surface area contributed by atoms with E-state index in [9.17, 15) is 0 Å². The van der Waals surface area contributed by atoms with Crippen molar-refractivity contribution in [3.63, 3.8) is 0 Å². The molecule has 0 saturated heterocycles. The van der Waals surface area contributed by atoms with Gasteiger partial charge in [-0.1, -0.05) is 5.21 Å². The van der Waals surface area contributed by atoms with Gasteiger partial charge in [0, 0.05) is 30.9 Å². The van der Waals surface area contributed by atoms with E-state index in [1.165, 1.54) is 0 Å². The van der Waals surface area contributed by atoms with Gasteiger partial charge in [0.2, 0.25) is 0 Å². The number of benzene rings is 1. The lowest BCUT2D eigenvalue weighted by atomic mass is 10.3. The number of hydrogen-bond donors (Lipinski definition) is 1. The predicted octanol–water partition coefficient (Wildman–Crippen LogP) is 1.09. The van der Waals surface area contributed by atoms with Crippen molar-refractivity contribution in [1.29, 1.82) is 0 Å². The lowest BCUT2D eigenvalue weighted by molar-refractivity contribution is 0.285. The first-order chi connectivity index (χ1) is 10.2. The molecule has 0 bridgehead atoms. The van der Waals surface area contributed by atoms with Crippen LogP contribution in [0.25, 0.3) is 0 Å². The first-order valence-corrected chi connectivity index (χ1v) is 6.64. The number of methoxy groups -OCH3 is 2. The molecule has 2 aromatic rings. The minimum absolute atomic E-state index is 0.485. The summed E-state index contributed by atoms with van der Waals surface area (Å²) in [5.74, 6) is 2.09. The Bertz CT molecular complexity index is 549. The Balaban J connectivity index is 1.90. The molecule has 0 fully saturated rings. The summed E-state index contributed by atoms with van der Waals surface area (Å²) in [6.45, 7) is 1.81. The highest BCUT2D eigenvalue weighted by molar-refractivity contribution is 5.41. The molecule has 1 N–H and O–H groups in total. The highest BCUT2D eigenvalue weighted by Gasteiger charge is 2.04. The van der Waals surface area contributed by atoms with Gasteiger partial charge < -0.3 is 19.5 Å². The maximum atomic E-state index is 5.70. The average molecular weight is 292 g/mol. The fraction of sp³-hybridized carbons (Fsp3) is 0.429. The van der Waals surface area contributed by atoms with Gasteiger partial charge in [-0.25, -0.2) is 4.68 Å². The maximum Gasteiger partial charge on any atom is 0.126 e. The lowest BCUT2D eigenvalue weighted by Gasteiger charge is -2.10. The largest absolute Gasteiger partial charge is 0.496 e. The Labute approximate surface area is 123 Å². The summed E-state index contributed by atoms with van der Waals surface area (Å²) in [6.07, 6.45) is 1.89. The van der Waals surface area contributed by atoms with Crippen molar-refractivity contribution >= 4 is 0 Å². The van der Waals surface area contributed by atoms with E-state index in [4.69, 9.17) is 14.2 Å². The van der Waals surface area contributed by atoms with Gasteiger partial charge in [0.25, 0.3) is 0 Å². The smallest absolute Gasteiger partial charge is 0.126 e. The van der Waals surface area contributed by atoms with Crippen LogP contribution in [0.1, 0.15) is 5.69 Å². The number of hydrogen-bond acceptors (Lipinski definition) is 6. The molecule has 0 spiro atoms. The number of nitrogens with one attached hydrogen (secondary N) is 1. The number of ether oxygens (including phenoxy) is 3. The molecule has 2 rings (SSSR count). The van der Waals surface area contributed by atoms with Gasteiger partial charge in [-0.3, -0.25) is 0 Å². The zero-order valence-corrected chi connectivity index (χ0v) is 12.5. The zero-order chi connectivity index (χ0) is 15.1. The Kier molecular flexibility index (Phi) is 5.39. The molecule has 21 heavy (non-hydrogen) atoms. The SMILES string of the molecule is CNCc1cn(CCOc2cc(OC)cc(OC)c2)nn1. The minimum atomic E-state index is 0.485. The monoisotopic (exact) mass is 292 g/mol. The van der Waals surface area contributed by atoms with Crippen molar-refractivity contribution in [2.45, 2.75) is 13.1 Å². The summed E-state index contributed by atoms with van der Waals surface area (Å²) in [5.41, 5.74) is 0.903. The van der Waals surface area contributed by atoms with Crippen LogP contribution >= 0.6 is 0 Å². The second kappa shape index (κ2) is 7.49. The predicted molar refractivity (Wildman–Crippen MR) is 77.8 cm³/mol. The Morgan fingerprint density at radius 2 is 1.76 bits per heavy atom. The van der Waals surface area contributed by atoms with Crippen molar-refractivity contribution in [3.05, 3.63) is 30.1 Å². The van der Waals surface area contributed by atoms with E-state index in [-0.39, 0.29) is 0 Å². The van der Waals surface area contributed by atoms with Crippen LogP contribution in [-0.4, -0.2) is 42.9 Å². The van der Waals surface area contributed by atoms with Crippen molar-refractivity contribution < 1.29 is 14.2 Å². The Morgan fingerprint density at radius 1 is 1.10 bits per heavy atom. The van der Waals surface area contributed by atoms with Crippen LogP contribution in [0.4, 0.5) is 0 Å². The molecule has 0 amide bonds. The lowest BCUT2D eigenvalue weighted by Crippen LogP contribution is -2.09.